The fourth-order valence-electron chi connectivity index (χ4n) is 4.77. The van der Waals surface area contributed by atoms with Crippen LogP contribution in [0.1, 0.15) is 49.5 Å². The number of fused-ring (bicyclic) bond motifs is 2. The molecule has 3 aliphatic rings. The molecular formula is C20H27N3O5S2. The van der Waals surface area contributed by atoms with E-state index in [1.807, 2.05) is 18.4 Å². The largest absolute Gasteiger partial charge is 0.337 e. The third kappa shape index (κ3) is 3.64. The molecule has 1 aliphatic carbocycles. The summed E-state index contributed by atoms with van der Waals surface area (Å²) < 4.78 is 23.8. The van der Waals surface area contributed by atoms with Crippen LogP contribution in [0.15, 0.2) is 11.4 Å². The van der Waals surface area contributed by atoms with Crippen LogP contribution >= 0.6 is 11.3 Å². The Morgan fingerprint density at radius 1 is 1.40 bits per heavy atom. The van der Waals surface area contributed by atoms with E-state index in [1.54, 1.807) is 16.2 Å². The van der Waals surface area contributed by atoms with Gasteiger partial charge in [0.1, 0.15) is 12.1 Å². The average molecular weight is 454 g/mol. The number of nitrogens with zero attached hydrogens (tertiary/aromatic N) is 2. The van der Waals surface area contributed by atoms with Crippen LogP contribution in [0, 0.1) is 0 Å². The van der Waals surface area contributed by atoms with E-state index in [0.717, 1.165) is 41.0 Å². The number of unbranched alkanes of at least 4 members (excludes halogenated alkanes) is 1. The zero-order valence-corrected chi connectivity index (χ0v) is 18.7. The van der Waals surface area contributed by atoms with E-state index in [2.05, 4.69) is 5.32 Å². The predicted octanol–water partition coefficient (Wildman–Crippen LogP) is 1.65. The third-order valence-corrected chi connectivity index (χ3v) is 9.08. The number of hydrogen-bond donors (Lipinski definition) is 1. The van der Waals surface area contributed by atoms with E-state index in [0.29, 0.717) is 19.4 Å². The molecule has 0 saturated carbocycles. The van der Waals surface area contributed by atoms with E-state index in [1.165, 1.54) is 0 Å². The molecule has 1 spiro atoms. The number of amides is 4. The van der Waals surface area contributed by atoms with Crippen molar-refractivity contribution in [3.63, 3.8) is 0 Å². The first-order valence-electron chi connectivity index (χ1n) is 10.5. The molecule has 1 N–H and O–H groups in total. The van der Waals surface area contributed by atoms with E-state index in [9.17, 15) is 22.8 Å². The van der Waals surface area contributed by atoms with Gasteiger partial charge in [0.15, 0.2) is 9.84 Å². The van der Waals surface area contributed by atoms with Gasteiger partial charge in [0.25, 0.3) is 5.91 Å². The number of sulfone groups is 1. The van der Waals surface area contributed by atoms with E-state index in [4.69, 9.17) is 0 Å². The number of thiophene rings is 1. The van der Waals surface area contributed by atoms with Crippen LogP contribution in [-0.2, 0) is 31.4 Å². The zero-order valence-electron chi connectivity index (χ0n) is 17.1. The molecule has 1 aromatic rings. The highest BCUT2D eigenvalue weighted by atomic mass is 32.2. The zero-order chi connectivity index (χ0) is 21.5. The minimum atomic E-state index is -3.15. The minimum Gasteiger partial charge on any atom is -0.337 e. The Hall–Kier alpha value is -1.94. The molecule has 8 nitrogen and oxygen atoms in total. The van der Waals surface area contributed by atoms with Crippen LogP contribution in [0.2, 0.25) is 0 Å². The number of imide groups is 1. The highest BCUT2D eigenvalue weighted by Gasteiger charge is 2.55. The number of carbonyl (C=O) groups is 3. The summed E-state index contributed by atoms with van der Waals surface area (Å²) in [7, 11) is -3.15. The van der Waals surface area contributed by atoms with Crippen molar-refractivity contribution < 1.29 is 22.8 Å². The normalized spacial score (nSPS) is 27.4. The van der Waals surface area contributed by atoms with Crippen molar-refractivity contribution >= 4 is 39.0 Å². The van der Waals surface area contributed by atoms with Crippen LogP contribution in [0.25, 0.3) is 0 Å². The number of hydrogen-bond acceptors (Lipinski definition) is 6. The molecule has 1 aromatic heterocycles. The van der Waals surface area contributed by atoms with Gasteiger partial charge in [-0.15, -0.1) is 11.3 Å². The maximum absolute atomic E-state index is 13.3. The van der Waals surface area contributed by atoms with Crippen molar-refractivity contribution in [2.45, 2.75) is 57.0 Å². The van der Waals surface area contributed by atoms with Crippen LogP contribution in [0.5, 0.6) is 0 Å². The lowest BCUT2D eigenvalue weighted by Crippen LogP contribution is -2.49. The summed E-state index contributed by atoms with van der Waals surface area (Å²) in [4.78, 5) is 42.8. The molecule has 164 valence electrons. The lowest BCUT2D eigenvalue weighted by atomic mass is 9.80. The van der Waals surface area contributed by atoms with Gasteiger partial charge in [-0.05, 0) is 43.6 Å². The maximum Gasteiger partial charge on any atom is 0.325 e. The second kappa shape index (κ2) is 7.96. The molecule has 0 unspecified atom stereocenters. The van der Waals surface area contributed by atoms with Gasteiger partial charge >= 0.3 is 6.03 Å². The molecular weight excluding hydrogens is 426 g/mol. The highest BCUT2D eigenvalue weighted by molar-refractivity contribution is 7.91. The van der Waals surface area contributed by atoms with Gasteiger partial charge in [-0.3, -0.25) is 14.5 Å². The standard InChI is InChI=1S/C20H27N3O5S2/c1-2-3-9-22(14-7-11-30(27,28)13-14)17(24)12-23-18(25)20(21-19(23)26)8-4-5-16-15(20)6-10-29-16/h6,10,14H,2-5,7-9,11-13H2,1H3,(H,21,26)/t14-,20-/m0/s1. The molecule has 2 fully saturated rings. The first-order chi connectivity index (χ1) is 14.3. The summed E-state index contributed by atoms with van der Waals surface area (Å²) in [5.74, 6) is -0.729. The van der Waals surface area contributed by atoms with E-state index < -0.39 is 21.4 Å². The summed E-state index contributed by atoms with van der Waals surface area (Å²) in [6, 6.07) is 0.948. The Morgan fingerprint density at radius 2 is 2.20 bits per heavy atom. The molecule has 4 rings (SSSR count). The quantitative estimate of drug-likeness (QED) is 0.660. The van der Waals surface area contributed by atoms with Gasteiger partial charge < -0.3 is 10.2 Å². The number of rotatable bonds is 6. The lowest BCUT2D eigenvalue weighted by molar-refractivity contribution is -0.140. The summed E-state index contributed by atoms with van der Waals surface area (Å²) in [6.07, 6.45) is 4.20. The lowest BCUT2D eigenvalue weighted by Gasteiger charge is -2.32. The van der Waals surface area contributed by atoms with Gasteiger partial charge in [0, 0.05) is 23.0 Å². The van der Waals surface area contributed by atoms with Crippen molar-refractivity contribution in [1.82, 2.24) is 15.1 Å². The Labute approximate surface area is 180 Å². The molecule has 0 bridgehead atoms. The van der Waals surface area contributed by atoms with Gasteiger partial charge in [0.2, 0.25) is 5.91 Å². The summed E-state index contributed by atoms with van der Waals surface area (Å²) >= 11 is 1.58. The second-order valence-corrected chi connectivity index (χ2v) is 11.6. The van der Waals surface area contributed by atoms with Crippen LogP contribution in [0.4, 0.5) is 4.79 Å². The van der Waals surface area contributed by atoms with Crippen molar-refractivity contribution in [2.75, 3.05) is 24.6 Å². The topological polar surface area (TPSA) is 104 Å². The molecule has 4 amide bonds. The third-order valence-electron chi connectivity index (χ3n) is 6.35. The number of carbonyl (C=O) groups excluding carboxylic acids is 3. The van der Waals surface area contributed by atoms with E-state index in [-0.39, 0.29) is 35.9 Å². The molecule has 0 radical (unpaired) electrons. The van der Waals surface area contributed by atoms with Gasteiger partial charge in [-0.2, -0.15) is 0 Å². The van der Waals surface area contributed by atoms with E-state index >= 15 is 0 Å². The minimum absolute atomic E-state index is 0.0508. The molecule has 2 saturated heterocycles. The van der Waals surface area contributed by atoms with Crippen LogP contribution in [-0.4, -0.2) is 66.7 Å². The first-order valence-corrected chi connectivity index (χ1v) is 13.2. The number of nitrogens with one attached hydrogen (secondary N) is 1. The fraction of sp³-hybridized carbons (Fsp3) is 0.650. The van der Waals surface area contributed by atoms with Crippen molar-refractivity contribution in [2.24, 2.45) is 0 Å². The van der Waals surface area contributed by atoms with Gasteiger partial charge in [0.05, 0.1) is 11.5 Å². The van der Waals surface area contributed by atoms with Crippen molar-refractivity contribution in [1.29, 1.82) is 0 Å². The molecule has 2 atom stereocenters. The SMILES string of the molecule is CCCCN(C(=O)CN1C(=O)N[C@]2(CCCc3sccc32)C1=O)[C@H]1CCS(=O)(=O)C1. The summed E-state index contributed by atoms with van der Waals surface area (Å²) in [5, 5.41) is 4.79. The number of aryl methyl sites for hydroxylation is 1. The van der Waals surface area contributed by atoms with Crippen molar-refractivity contribution in [3.05, 3.63) is 21.9 Å². The monoisotopic (exact) mass is 453 g/mol. The summed E-state index contributed by atoms with van der Waals surface area (Å²) in [5.41, 5.74) is -0.229. The first kappa shape index (κ1) is 21.3. The van der Waals surface area contributed by atoms with Gasteiger partial charge in [-0.1, -0.05) is 13.3 Å². The fourth-order valence-corrected chi connectivity index (χ4v) is 7.50. The van der Waals surface area contributed by atoms with Crippen molar-refractivity contribution in [3.8, 4) is 0 Å². The Bertz CT molecular complexity index is 973. The molecule has 2 aliphatic heterocycles. The smallest absolute Gasteiger partial charge is 0.325 e. The Kier molecular flexibility index (Phi) is 5.65. The Morgan fingerprint density at radius 3 is 2.90 bits per heavy atom. The molecule has 0 aromatic carbocycles. The average Bonchev–Trinajstić information content (AvgIpc) is 3.37. The maximum atomic E-state index is 13.3. The second-order valence-electron chi connectivity index (χ2n) is 8.34. The highest BCUT2D eigenvalue weighted by Crippen LogP contribution is 2.42. The molecule has 3 heterocycles. The van der Waals surface area contributed by atoms with Gasteiger partial charge in [-0.25, -0.2) is 13.2 Å². The number of urea groups is 1. The van der Waals surface area contributed by atoms with Crippen LogP contribution in [0.3, 0.4) is 0 Å². The predicted molar refractivity (Wildman–Crippen MR) is 113 cm³/mol. The Balaban J connectivity index is 1.54. The molecule has 30 heavy (non-hydrogen) atoms. The molecule has 10 heteroatoms. The van der Waals surface area contributed by atoms with Crippen LogP contribution < -0.4 is 5.32 Å². The summed E-state index contributed by atoms with van der Waals surface area (Å²) in [6.45, 7) is 2.07.